The number of amidine groups is 1. The summed E-state index contributed by atoms with van der Waals surface area (Å²) in [5.74, 6) is 0.296. The molecule has 0 bridgehead atoms. The number of fused-ring (bicyclic) bond motifs is 1. The number of nitrogens with zero attached hydrogens (tertiary/aromatic N) is 3. The number of benzene rings is 1. The van der Waals surface area contributed by atoms with Crippen LogP contribution in [-0.4, -0.2) is 52.6 Å². The smallest absolute Gasteiger partial charge is 0.271 e. The number of aliphatic hydroxyl groups is 1. The van der Waals surface area contributed by atoms with E-state index in [4.69, 9.17) is 10.2 Å². The Hall–Kier alpha value is -2.87. The Morgan fingerprint density at radius 1 is 1.43 bits per heavy atom. The van der Waals surface area contributed by atoms with Gasteiger partial charge >= 0.3 is 0 Å². The molecule has 3 aliphatic heterocycles. The molecule has 1 fully saturated rings. The Bertz CT molecular complexity index is 838. The quantitative estimate of drug-likeness (QED) is 0.668. The zero-order chi connectivity index (χ0) is 19.5. The van der Waals surface area contributed by atoms with Crippen LogP contribution in [0.5, 0.6) is 0 Å². The summed E-state index contributed by atoms with van der Waals surface area (Å²) in [5, 5.41) is 21.2. The Morgan fingerprint density at radius 3 is 3.14 bits per heavy atom. The van der Waals surface area contributed by atoms with Crippen LogP contribution in [0, 0.1) is 5.82 Å². The van der Waals surface area contributed by atoms with E-state index >= 15 is 0 Å². The molecule has 3 aliphatic rings. The molecule has 7 nitrogen and oxygen atoms in total. The first-order valence-corrected chi connectivity index (χ1v) is 9.61. The molecule has 0 spiro atoms. The molecule has 1 aromatic carbocycles. The molecule has 0 aromatic heterocycles. The third-order valence-corrected chi connectivity index (χ3v) is 5.17. The van der Waals surface area contributed by atoms with Crippen molar-refractivity contribution in [3.63, 3.8) is 0 Å². The topological polar surface area (TPSA) is 80.2 Å². The molecular formula is C20H24FN5O2. The van der Waals surface area contributed by atoms with Gasteiger partial charge < -0.3 is 20.6 Å². The largest absolute Gasteiger partial charge is 0.396 e. The van der Waals surface area contributed by atoms with E-state index in [2.05, 4.69) is 15.5 Å². The predicted octanol–water partition coefficient (Wildman–Crippen LogP) is 1.42. The molecule has 4 rings (SSSR count). The van der Waals surface area contributed by atoms with Crippen LogP contribution in [0.3, 0.4) is 0 Å². The van der Waals surface area contributed by atoms with Gasteiger partial charge in [-0.15, -0.1) is 0 Å². The lowest BCUT2D eigenvalue weighted by Crippen LogP contribution is -2.42. The lowest BCUT2D eigenvalue weighted by atomic mass is 10.0. The average Bonchev–Trinajstić information content (AvgIpc) is 3.34. The third-order valence-electron chi connectivity index (χ3n) is 5.17. The van der Waals surface area contributed by atoms with Crippen molar-refractivity contribution in [3.8, 4) is 0 Å². The molecule has 1 unspecified atom stereocenters. The van der Waals surface area contributed by atoms with Crippen molar-refractivity contribution in [1.82, 2.24) is 20.5 Å². The fourth-order valence-corrected chi connectivity index (χ4v) is 3.82. The fraction of sp³-hybridized carbons (Fsp3) is 0.400. The highest BCUT2D eigenvalue weighted by atomic mass is 19.1. The highest BCUT2D eigenvalue weighted by Gasteiger charge is 2.34. The molecule has 148 valence electrons. The highest BCUT2D eigenvalue weighted by Crippen LogP contribution is 2.34. The molecule has 3 heterocycles. The van der Waals surface area contributed by atoms with Crippen LogP contribution in [0.1, 0.15) is 30.9 Å². The summed E-state index contributed by atoms with van der Waals surface area (Å²) >= 11 is 0. The number of amides is 1. The zero-order valence-electron chi connectivity index (χ0n) is 15.5. The molecule has 3 N–H and O–H groups in total. The standard InChI is InChI=1S/C20H24FN5O2/c21-15-5-1-4-14(12-15)16-6-2-10-25(16)19-8-7-18-23-13-17(26(18)24-19)20(28)22-9-3-11-27/h1,4-5,7-8,12-13,16,18,23,27H,2-3,6,9-11H2,(H,22,28)/t16-,18?/m1/s1. The summed E-state index contributed by atoms with van der Waals surface area (Å²) in [6.07, 6.45) is 7.82. The molecule has 0 saturated carbocycles. The van der Waals surface area contributed by atoms with Crippen molar-refractivity contribution in [2.24, 2.45) is 5.10 Å². The number of nitrogens with one attached hydrogen (secondary N) is 2. The van der Waals surface area contributed by atoms with Gasteiger partial charge in [0.2, 0.25) is 0 Å². The maximum absolute atomic E-state index is 13.7. The Balaban J connectivity index is 1.52. The van der Waals surface area contributed by atoms with Crippen LogP contribution in [0.4, 0.5) is 4.39 Å². The summed E-state index contributed by atoms with van der Waals surface area (Å²) in [5.41, 5.74) is 1.37. The SMILES string of the molecule is O=C(NCCCO)C1=CNC2C=CC(N3CCC[C@@H]3c3cccc(F)c3)=NN12. The number of aliphatic hydroxyl groups excluding tert-OH is 1. The molecule has 1 aromatic rings. The van der Waals surface area contributed by atoms with Crippen LogP contribution >= 0.6 is 0 Å². The third kappa shape index (κ3) is 3.60. The number of hydrogen-bond donors (Lipinski definition) is 3. The highest BCUT2D eigenvalue weighted by molar-refractivity contribution is 5.97. The minimum Gasteiger partial charge on any atom is -0.396 e. The summed E-state index contributed by atoms with van der Waals surface area (Å²) < 4.78 is 13.7. The van der Waals surface area contributed by atoms with E-state index in [1.54, 1.807) is 23.3 Å². The van der Waals surface area contributed by atoms with Gasteiger partial charge in [0.05, 0.1) is 6.04 Å². The first kappa shape index (κ1) is 18.5. The predicted molar refractivity (Wildman–Crippen MR) is 103 cm³/mol. The van der Waals surface area contributed by atoms with E-state index in [0.717, 1.165) is 30.8 Å². The normalized spacial score (nSPS) is 23.2. The van der Waals surface area contributed by atoms with E-state index in [-0.39, 0.29) is 30.5 Å². The number of carbonyl (C=O) groups is 1. The number of carbonyl (C=O) groups excluding carboxylic acids is 1. The summed E-state index contributed by atoms with van der Waals surface area (Å²) in [6, 6.07) is 6.78. The van der Waals surface area contributed by atoms with Crippen LogP contribution < -0.4 is 10.6 Å². The van der Waals surface area contributed by atoms with Gasteiger partial charge in [-0.25, -0.2) is 9.40 Å². The first-order valence-electron chi connectivity index (χ1n) is 9.61. The first-order chi connectivity index (χ1) is 13.7. The van der Waals surface area contributed by atoms with E-state index in [0.29, 0.717) is 18.7 Å². The number of likely N-dealkylation sites (tertiary alicyclic amines) is 1. The van der Waals surface area contributed by atoms with Gasteiger partial charge in [-0.2, -0.15) is 5.10 Å². The van der Waals surface area contributed by atoms with Crippen LogP contribution in [0.15, 0.2) is 53.4 Å². The van der Waals surface area contributed by atoms with Crippen molar-refractivity contribution < 1.29 is 14.3 Å². The molecule has 1 amide bonds. The molecule has 1 saturated heterocycles. The van der Waals surface area contributed by atoms with Gasteiger partial charge in [0.1, 0.15) is 23.5 Å². The Morgan fingerprint density at radius 2 is 2.32 bits per heavy atom. The minimum absolute atomic E-state index is 0.0331. The van der Waals surface area contributed by atoms with Crippen LogP contribution in [-0.2, 0) is 4.79 Å². The second kappa shape index (κ2) is 8.02. The van der Waals surface area contributed by atoms with Gasteiger partial charge in [-0.3, -0.25) is 4.79 Å². The molecule has 2 atom stereocenters. The zero-order valence-corrected chi connectivity index (χ0v) is 15.5. The Kier molecular flexibility index (Phi) is 5.29. The molecular weight excluding hydrogens is 361 g/mol. The van der Waals surface area contributed by atoms with Crippen LogP contribution in [0.25, 0.3) is 0 Å². The summed E-state index contributed by atoms with van der Waals surface area (Å²) in [6.45, 7) is 1.27. The lowest BCUT2D eigenvalue weighted by molar-refractivity contribution is -0.119. The van der Waals surface area contributed by atoms with E-state index in [1.807, 2.05) is 18.2 Å². The maximum atomic E-state index is 13.7. The minimum atomic E-state index is -0.237. The average molecular weight is 385 g/mol. The van der Waals surface area contributed by atoms with Crippen molar-refractivity contribution in [2.75, 3.05) is 19.7 Å². The van der Waals surface area contributed by atoms with E-state index < -0.39 is 0 Å². The summed E-state index contributed by atoms with van der Waals surface area (Å²) in [7, 11) is 0. The summed E-state index contributed by atoms with van der Waals surface area (Å²) in [4.78, 5) is 14.6. The van der Waals surface area contributed by atoms with Gasteiger partial charge in [0.25, 0.3) is 5.91 Å². The molecule has 28 heavy (non-hydrogen) atoms. The van der Waals surface area contributed by atoms with Gasteiger partial charge in [-0.05, 0) is 49.1 Å². The fourth-order valence-electron chi connectivity index (χ4n) is 3.82. The maximum Gasteiger partial charge on any atom is 0.271 e. The molecule has 8 heteroatoms. The molecule has 0 aliphatic carbocycles. The number of rotatable bonds is 5. The second-order valence-corrected chi connectivity index (χ2v) is 7.04. The lowest BCUT2D eigenvalue weighted by Gasteiger charge is -2.32. The van der Waals surface area contributed by atoms with E-state index in [1.165, 1.54) is 6.07 Å². The van der Waals surface area contributed by atoms with Gasteiger partial charge in [0, 0.05) is 25.9 Å². The number of halogens is 1. The monoisotopic (exact) mass is 385 g/mol. The van der Waals surface area contributed by atoms with Crippen molar-refractivity contribution in [1.29, 1.82) is 0 Å². The van der Waals surface area contributed by atoms with E-state index in [9.17, 15) is 9.18 Å². The molecule has 0 radical (unpaired) electrons. The van der Waals surface area contributed by atoms with Crippen molar-refractivity contribution in [2.45, 2.75) is 31.5 Å². The number of hydrogen-bond acceptors (Lipinski definition) is 6. The van der Waals surface area contributed by atoms with Gasteiger partial charge in [-0.1, -0.05) is 12.1 Å². The van der Waals surface area contributed by atoms with Gasteiger partial charge in [0.15, 0.2) is 0 Å². The van der Waals surface area contributed by atoms with Crippen molar-refractivity contribution >= 4 is 11.7 Å². The Labute approximate surface area is 163 Å². The number of hydrazone groups is 1. The van der Waals surface area contributed by atoms with Crippen molar-refractivity contribution in [3.05, 3.63) is 59.7 Å². The van der Waals surface area contributed by atoms with Crippen LogP contribution in [0.2, 0.25) is 0 Å². The second-order valence-electron chi connectivity index (χ2n) is 7.04.